The number of rotatable bonds is 19. The first-order valence-electron chi connectivity index (χ1n) is 12.4. The van der Waals surface area contributed by atoms with Gasteiger partial charge < -0.3 is 19.5 Å². The number of hydrogen-bond donors (Lipinski definition) is 1. The molecule has 1 N–H and O–H groups in total. The number of unbranched alkanes of at least 4 members (excludes halogenated alkanes) is 11. The Morgan fingerprint density at radius 3 is 1.75 bits per heavy atom. The number of amides is 1. The minimum atomic E-state index is -0.0237. The quantitative estimate of drug-likeness (QED) is 0.174. The molecule has 1 aromatic carbocycles. The van der Waals surface area contributed by atoms with E-state index >= 15 is 0 Å². The van der Waals surface area contributed by atoms with Gasteiger partial charge in [0.05, 0.1) is 21.3 Å². The molecule has 1 aromatic rings. The highest BCUT2D eigenvalue weighted by atomic mass is 16.5. The molecule has 0 saturated carbocycles. The van der Waals surface area contributed by atoms with E-state index in [0.29, 0.717) is 29.4 Å². The number of methoxy groups -OCH3 is 3. The maximum absolute atomic E-state index is 12.4. The minimum Gasteiger partial charge on any atom is -0.496 e. The normalized spacial score (nSPS) is 11.0. The van der Waals surface area contributed by atoms with Crippen LogP contribution >= 0.6 is 0 Å². The Balaban J connectivity index is 2.13. The summed E-state index contributed by atoms with van der Waals surface area (Å²) in [4.78, 5) is 12.4. The van der Waals surface area contributed by atoms with Crippen molar-refractivity contribution in [2.75, 3.05) is 26.6 Å². The molecule has 0 aliphatic carbocycles. The van der Waals surface area contributed by atoms with E-state index < -0.39 is 0 Å². The van der Waals surface area contributed by atoms with E-state index in [4.69, 9.17) is 14.2 Å². The van der Waals surface area contributed by atoms with Crippen LogP contribution in [0, 0.1) is 0 Å². The molecule has 0 heterocycles. The van der Waals surface area contributed by atoms with Crippen LogP contribution in [0.25, 0.3) is 0 Å². The van der Waals surface area contributed by atoms with E-state index in [1.807, 2.05) is 0 Å². The predicted octanol–water partition coefficient (Wildman–Crippen LogP) is 7.69. The fourth-order valence-corrected chi connectivity index (χ4v) is 3.69. The van der Waals surface area contributed by atoms with Crippen LogP contribution in [0.15, 0.2) is 24.3 Å². The summed E-state index contributed by atoms with van der Waals surface area (Å²) in [7, 11) is 4.71. The molecule has 0 saturated heterocycles. The third-order valence-corrected chi connectivity index (χ3v) is 5.65. The van der Waals surface area contributed by atoms with Crippen molar-refractivity contribution >= 4 is 11.6 Å². The van der Waals surface area contributed by atoms with Crippen LogP contribution < -0.4 is 19.5 Å². The number of carbonyl (C=O) groups excluding carboxylic acids is 1. The van der Waals surface area contributed by atoms with Gasteiger partial charge >= 0.3 is 0 Å². The van der Waals surface area contributed by atoms with Crippen LogP contribution in [-0.2, 0) is 4.79 Å². The summed E-state index contributed by atoms with van der Waals surface area (Å²) in [5, 5.41) is 2.93. The third-order valence-electron chi connectivity index (χ3n) is 5.65. The molecule has 1 amide bonds. The molecule has 0 aliphatic heterocycles. The Labute approximate surface area is 195 Å². The molecule has 32 heavy (non-hydrogen) atoms. The van der Waals surface area contributed by atoms with Crippen LogP contribution in [0.1, 0.15) is 96.8 Å². The summed E-state index contributed by atoms with van der Waals surface area (Å²) >= 11 is 0. The van der Waals surface area contributed by atoms with Gasteiger partial charge in [0.1, 0.15) is 22.9 Å². The van der Waals surface area contributed by atoms with Gasteiger partial charge in [0.25, 0.3) is 0 Å². The molecule has 5 nitrogen and oxygen atoms in total. The highest BCUT2D eigenvalue weighted by Crippen LogP contribution is 2.39. The number of anilines is 1. The fraction of sp³-hybridized carbons (Fsp3) is 0.667. The molecular weight excluding hydrogens is 402 g/mol. The summed E-state index contributed by atoms with van der Waals surface area (Å²) in [5.74, 6) is 1.65. The second-order valence-corrected chi connectivity index (χ2v) is 8.29. The third kappa shape index (κ3) is 12.0. The predicted molar refractivity (Wildman–Crippen MR) is 134 cm³/mol. The SMILES string of the molecule is CCCCCCCC/C=C\CCCCCCCC(=O)Nc1c(OC)cc(OC)cc1OC. The summed E-state index contributed by atoms with van der Waals surface area (Å²) in [6.07, 6.45) is 21.4. The van der Waals surface area contributed by atoms with Gasteiger partial charge in [0.2, 0.25) is 5.91 Å². The summed E-state index contributed by atoms with van der Waals surface area (Å²) in [6.45, 7) is 2.26. The lowest BCUT2D eigenvalue weighted by atomic mass is 10.1. The average Bonchev–Trinajstić information content (AvgIpc) is 2.81. The second kappa shape index (κ2) is 18.4. The van der Waals surface area contributed by atoms with Gasteiger partial charge in [-0.25, -0.2) is 0 Å². The molecule has 182 valence electrons. The van der Waals surface area contributed by atoms with Crippen LogP contribution in [-0.4, -0.2) is 27.2 Å². The molecule has 0 bridgehead atoms. The largest absolute Gasteiger partial charge is 0.496 e. The van der Waals surface area contributed by atoms with Gasteiger partial charge in [0.15, 0.2) is 0 Å². The van der Waals surface area contributed by atoms with Crippen molar-refractivity contribution in [2.24, 2.45) is 0 Å². The van der Waals surface area contributed by atoms with E-state index in [2.05, 4.69) is 24.4 Å². The van der Waals surface area contributed by atoms with Crippen molar-refractivity contribution in [3.8, 4) is 17.2 Å². The van der Waals surface area contributed by atoms with Crippen LogP contribution in [0.4, 0.5) is 5.69 Å². The summed E-state index contributed by atoms with van der Waals surface area (Å²) in [5.41, 5.74) is 0.550. The second-order valence-electron chi connectivity index (χ2n) is 8.29. The first kappa shape index (κ1) is 27.9. The lowest BCUT2D eigenvalue weighted by Gasteiger charge is -2.15. The van der Waals surface area contributed by atoms with Crippen LogP contribution in [0.5, 0.6) is 17.2 Å². The zero-order valence-electron chi connectivity index (χ0n) is 20.8. The Morgan fingerprint density at radius 1 is 0.750 bits per heavy atom. The first-order chi connectivity index (χ1) is 15.7. The fourth-order valence-electron chi connectivity index (χ4n) is 3.69. The molecule has 1 rings (SSSR count). The standard InChI is InChI=1S/C27H45NO4/c1-5-6-7-8-9-10-11-12-13-14-15-16-17-18-19-20-26(29)28-27-24(31-3)21-23(30-2)22-25(27)32-4/h12-13,21-22H,5-11,14-20H2,1-4H3,(H,28,29)/b13-12-. The smallest absolute Gasteiger partial charge is 0.224 e. The lowest BCUT2D eigenvalue weighted by Crippen LogP contribution is -2.13. The molecule has 0 unspecified atom stereocenters. The Hall–Kier alpha value is -2.17. The highest BCUT2D eigenvalue weighted by molar-refractivity contribution is 5.94. The minimum absolute atomic E-state index is 0.0237. The van der Waals surface area contributed by atoms with E-state index in [1.54, 1.807) is 33.5 Å². The van der Waals surface area contributed by atoms with Crippen molar-refractivity contribution < 1.29 is 19.0 Å². The number of benzene rings is 1. The van der Waals surface area contributed by atoms with Gasteiger partial charge in [-0.2, -0.15) is 0 Å². The lowest BCUT2D eigenvalue weighted by molar-refractivity contribution is -0.116. The maximum atomic E-state index is 12.4. The van der Waals surface area contributed by atoms with E-state index in [9.17, 15) is 4.79 Å². The van der Waals surface area contributed by atoms with E-state index in [0.717, 1.165) is 12.8 Å². The van der Waals surface area contributed by atoms with Crippen LogP contribution in [0.3, 0.4) is 0 Å². The molecule has 0 fully saturated rings. The zero-order chi connectivity index (χ0) is 23.4. The van der Waals surface area contributed by atoms with Gasteiger partial charge in [-0.3, -0.25) is 4.79 Å². The van der Waals surface area contributed by atoms with Crippen molar-refractivity contribution in [1.82, 2.24) is 0 Å². The monoisotopic (exact) mass is 447 g/mol. The maximum Gasteiger partial charge on any atom is 0.224 e. The topological polar surface area (TPSA) is 56.8 Å². The van der Waals surface area contributed by atoms with E-state index in [-0.39, 0.29) is 5.91 Å². The van der Waals surface area contributed by atoms with Crippen molar-refractivity contribution in [3.05, 3.63) is 24.3 Å². The number of hydrogen-bond acceptors (Lipinski definition) is 4. The highest BCUT2D eigenvalue weighted by Gasteiger charge is 2.15. The number of ether oxygens (including phenoxy) is 3. The average molecular weight is 448 g/mol. The molecule has 0 aromatic heterocycles. The molecule has 0 atom stereocenters. The van der Waals surface area contributed by atoms with Crippen molar-refractivity contribution in [3.63, 3.8) is 0 Å². The number of nitrogens with one attached hydrogen (secondary N) is 1. The molecule has 5 heteroatoms. The van der Waals surface area contributed by atoms with Gasteiger partial charge in [-0.15, -0.1) is 0 Å². The molecule has 0 aliphatic rings. The van der Waals surface area contributed by atoms with Gasteiger partial charge in [0, 0.05) is 18.6 Å². The summed E-state index contributed by atoms with van der Waals surface area (Å²) in [6, 6.07) is 3.47. The number of allylic oxidation sites excluding steroid dienone is 2. The zero-order valence-corrected chi connectivity index (χ0v) is 20.8. The van der Waals surface area contributed by atoms with Crippen LogP contribution in [0.2, 0.25) is 0 Å². The first-order valence-corrected chi connectivity index (χ1v) is 12.4. The molecule has 0 spiro atoms. The van der Waals surface area contributed by atoms with E-state index in [1.165, 1.54) is 70.6 Å². The number of carbonyl (C=O) groups is 1. The molecule has 0 radical (unpaired) electrons. The van der Waals surface area contributed by atoms with Gasteiger partial charge in [-0.1, -0.05) is 70.4 Å². The Morgan fingerprint density at radius 2 is 1.25 bits per heavy atom. The van der Waals surface area contributed by atoms with Gasteiger partial charge in [-0.05, 0) is 32.1 Å². The Kier molecular flexibility index (Phi) is 16.0. The summed E-state index contributed by atoms with van der Waals surface area (Å²) < 4.78 is 16.0. The van der Waals surface area contributed by atoms with Crippen molar-refractivity contribution in [1.29, 1.82) is 0 Å². The molecular formula is C27H45NO4. The Bertz CT molecular complexity index is 632. The van der Waals surface area contributed by atoms with Crippen molar-refractivity contribution in [2.45, 2.75) is 96.8 Å².